The Hall–Kier alpha value is -2.91. The molecule has 0 saturated carbocycles. The lowest BCUT2D eigenvalue weighted by Gasteiger charge is -2.39. The van der Waals surface area contributed by atoms with Gasteiger partial charge in [-0.25, -0.2) is 4.98 Å². The summed E-state index contributed by atoms with van der Waals surface area (Å²) in [6, 6.07) is 21.5. The summed E-state index contributed by atoms with van der Waals surface area (Å²) in [5.41, 5.74) is 3.49. The Morgan fingerprint density at radius 1 is 0.878 bits per heavy atom. The Morgan fingerprint density at radius 2 is 1.61 bits per heavy atom. The molecule has 0 aliphatic carbocycles. The van der Waals surface area contributed by atoms with Crippen LogP contribution in [0.2, 0.25) is 10.0 Å². The van der Waals surface area contributed by atoms with E-state index in [-0.39, 0.29) is 22.8 Å². The van der Waals surface area contributed by atoms with Crippen molar-refractivity contribution >= 4 is 62.0 Å². The Bertz CT molecular complexity index is 1580. The van der Waals surface area contributed by atoms with Crippen molar-refractivity contribution < 1.29 is 9.59 Å². The van der Waals surface area contributed by atoms with Crippen LogP contribution in [-0.2, 0) is 11.3 Å². The van der Waals surface area contributed by atoms with Gasteiger partial charge in [0, 0.05) is 42.9 Å². The first-order valence-corrected chi connectivity index (χ1v) is 15.4. The van der Waals surface area contributed by atoms with E-state index in [1.54, 1.807) is 23.1 Å². The van der Waals surface area contributed by atoms with Gasteiger partial charge in [-0.3, -0.25) is 19.1 Å². The molecule has 10 heteroatoms. The molecule has 0 bridgehead atoms. The zero-order valence-corrected chi connectivity index (χ0v) is 25.6. The molecule has 7 nitrogen and oxygen atoms in total. The molecule has 0 radical (unpaired) electrons. The number of likely N-dealkylation sites (tertiary alicyclic amines) is 1. The van der Waals surface area contributed by atoms with Crippen molar-refractivity contribution in [3.63, 3.8) is 0 Å². The number of hydrogen-bond acceptors (Lipinski definition) is 4. The molecule has 2 saturated heterocycles. The maximum absolute atomic E-state index is 13.6. The molecule has 3 aromatic carbocycles. The predicted octanol–water partition coefficient (Wildman–Crippen LogP) is 6.29. The number of rotatable bonds is 5. The maximum atomic E-state index is 13.6. The third kappa shape index (κ3) is 5.89. The number of hydrogen-bond donors (Lipinski definition) is 0. The summed E-state index contributed by atoms with van der Waals surface area (Å²) in [5.74, 6) is 0.915. The normalized spacial score (nSPS) is 18.2. The van der Waals surface area contributed by atoms with Crippen molar-refractivity contribution in [2.45, 2.75) is 19.4 Å². The number of carbonyl (C=O) groups excluding carboxylic acids is 2. The molecule has 2 fully saturated rings. The van der Waals surface area contributed by atoms with E-state index >= 15 is 0 Å². The topological polar surface area (TPSA) is 61.7 Å². The van der Waals surface area contributed by atoms with Gasteiger partial charge in [-0.15, -0.1) is 0 Å². The molecule has 3 heterocycles. The molecule has 212 valence electrons. The number of imidazole rings is 1. The molecular formula is C31H30BrCl2N5O2. The van der Waals surface area contributed by atoms with E-state index in [1.165, 1.54) is 0 Å². The van der Waals surface area contributed by atoms with Gasteiger partial charge >= 0.3 is 0 Å². The Morgan fingerprint density at radius 3 is 2.39 bits per heavy atom. The van der Waals surface area contributed by atoms with Gasteiger partial charge in [0.2, 0.25) is 5.91 Å². The van der Waals surface area contributed by atoms with Crippen molar-refractivity contribution in [2.75, 3.05) is 39.3 Å². The van der Waals surface area contributed by atoms with E-state index in [2.05, 4.69) is 43.6 Å². The number of fused-ring (bicyclic) bond motifs is 1. The number of amides is 2. The van der Waals surface area contributed by atoms with Gasteiger partial charge in [-0.1, -0.05) is 57.3 Å². The molecule has 0 spiro atoms. The van der Waals surface area contributed by atoms with Crippen molar-refractivity contribution in [3.05, 3.63) is 92.6 Å². The summed E-state index contributed by atoms with van der Waals surface area (Å²) >= 11 is 15.9. The van der Waals surface area contributed by atoms with Crippen LogP contribution >= 0.6 is 39.1 Å². The van der Waals surface area contributed by atoms with Crippen LogP contribution in [0.3, 0.4) is 0 Å². The van der Waals surface area contributed by atoms with Crippen molar-refractivity contribution in [3.8, 4) is 5.69 Å². The van der Waals surface area contributed by atoms with Crippen LogP contribution in [0.4, 0.5) is 0 Å². The number of para-hydroxylation sites is 2. The third-order valence-corrected chi connectivity index (χ3v) is 9.34. The first-order valence-electron chi connectivity index (χ1n) is 13.9. The molecule has 2 amide bonds. The van der Waals surface area contributed by atoms with E-state index < -0.39 is 0 Å². The van der Waals surface area contributed by atoms with E-state index in [9.17, 15) is 9.59 Å². The summed E-state index contributed by atoms with van der Waals surface area (Å²) in [7, 11) is 0. The molecule has 41 heavy (non-hydrogen) atoms. The van der Waals surface area contributed by atoms with Gasteiger partial charge < -0.3 is 9.80 Å². The molecule has 2 aliphatic heterocycles. The maximum Gasteiger partial charge on any atom is 0.255 e. The van der Waals surface area contributed by atoms with E-state index in [1.807, 2.05) is 35.2 Å². The lowest BCUT2D eigenvalue weighted by Crippen LogP contribution is -2.53. The fourth-order valence-corrected chi connectivity index (χ4v) is 6.53. The van der Waals surface area contributed by atoms with E-state index in [0.29, 0.717) is 49.9 Å². The quantitative estimate of drug-likeness (QED) is 0.254. The first-order chi connectivity index (χ1) is 19.9. The number of benzene rings is 3. The molecule has 2 aliphatic rings. The number of aromatic nitrogens is 2. The molecule has 1 aromatic heterocycles. The summed E-state index contributed by atoms with van der Waals surface area (Å²) in [6.07, 6.45) is 1.83. The van der Waals surface area contributed by atoms with Gasteiger partial charge in [-0.05, 0) is 67.9 Å². The van der Waals surface area contributed by atoms with Gasteiger partial charge in [-0.2, -0.15) is 0 Å². The zero-order valence-electron chi connectivity index (χ0n) is 22.5. The van der Waals surface area contributed by atoms with Crippen LogP contribution < -0.4 is 0 Å². The molecule has 1 atom stereocenters. The number of nitrogens with zero attached hydrogens (tertiary/aromatic N) is 5. The fourth-order valence-electron chi connectivity index (χ4n) is 5.89. The second-order valence-corrected chi connectivity index (χ2v) is 12.3. The molecule has 0 N–H and O–H groups in total. The number of halogens is 3. The number of piperazine rings is 1. The van der Waals surface area contributed by atoms with E-state index in [0.717, 1.165) is 46.4 Å². The minimum atomic E-state index is -0.151. The highest BCUT2D eigenvalue weighted by molar-refractivity contribution is 9.10. The highest BCUT2D eigenvalue weighted by Gasteiger charge is 2.33. The summed E-state index contributed by atoms with van der Waals surface area (Å²) < 4.78 is 3.25. The predicted molar refractivity (Wildman–Crippen MR) is 166 cm³/mol. The highest BCUT2D eigenvalue weighted by Crippen LogP contribution is 2.28. The minimum Gasteiger partial charge on any atom is -0.339 e. The number of piperidine rings is 1. The molecule has 6 rings (SSSR count). The zero-order chi connectivity index (χ0) is 28.5. The lowest BCUT2D eigenvalue weighted by molar-refractivity contribution is -0.139. The Balaban J connectivity index is 1.12. The fraction of sp³-hybridized carbons (Fsp3) is 0.323. The number of carbonyl (C=O) groups is 2. The van der Waals surface area contributed by atoms with Crippen LogP contribution in [0.5, 0.6) is 0 Å². The minimum absolute atomic E-state index is 0.0705. The first kappa shape index (κ1) is 28.2. The van der Waals surface area contributed by atoms with Crippen LogP contribution in [0.15, 0.2) is 71.2 Å². The molecule has 0 unspecified atom stereocenters. The Kier molecular flexibility index (Phi) is 8.35. The average molecular weight is 655 g/mol. The summed E-state index contributed by atoms with van der Waals surface area (Å²) in [6.45, 7) is 4.26. The van der Waals surface area contributed by atoms with Crippen molar-refractivity contribution in [2.24, 2.45) is 5.92 Å². The van der Waals surface area contributed by atoms with Crippen molar-refractivity contribution in [1.29, 1.82) is 0 Å². The largest absolute Gasteiger partial charge is 0.339 e. The van der Waals surface area contributed by atoms with Crippen molar-refractivity contribution in [1.82, 2.24) is 24.3 Å². The van der Waals surface area contributed by atoms with Gasteiger partial charge in [0.15, 0.2) is 0 Å². The second-order valence-electron chi connectivity index (χ2n) is 10.6. The molecule has 4 aromatic rings. The summed E-state index contributed by atoms with van der Waals surface area (Å²) in [5, 5.41) is 0.634. The second kappa shape index (κ2) is 12.1. The van der Waals surface area contributed by atoms with Gasteiger partial charge in [0.25, 0.3) is 5.91 Å². The van der Waals surface area contributed by atoms with Gasteiger partial charge in [0.1, 0.15) is 5.82 Å². The Labute approximate surface area is 257 Å². The van der Waals surface area contributed by atoms with Crippen LogP contribution in [0.1, 0.15) is 29.0 Å². The molecular weight excluding hydrogens is 625 g/mol. The average Bonchev–Trinajstić information content (AvgIpc) is 3.36. The van der Waals surface area contributed by atoms with Crippen LogP contribution in [0.25, 0.3) is 16.7 Å². The SMILES string of the molecule is O=C(c1cccc(Cl)c1Cl)N1CCN(C(=O)[C@H]2CCCN(Cc3nc4ccccc4n3-c3ccc(Br)cc3)C2)CC1. The highest BCUT2D eigenvalue weighted by atomic mass is 79.9. The van der Waals surface area contributed by atoms with E-state index in [4.69, 9.17) is 28.2 Å². The van der Waals surface area contributed by atoms with Crippen LogP contribution in [0, 0.1) is 5.92 Å². The third-order valence-electron chi connectivity index (χ3n) is 8.00. The summed E-state index contributed by atoms with van der Waals surface area (Å²) in [4.78, 5) is 37.6. The van der Waals surface area contributed by atoms with Crippen LogP contribution in [-0.4, -0.2) is 75.3 Å². The lowest BCUT2D eigenvalue weighted by atomic mass is 9.96. The standard InChI is InChI=1S/C31H30BrCl2N5O2/c32-22-10-12-23(13-11-22)39-27-9-2-1-8-26(27)35-28(39)20-36-14-4-5-21(19-36)30(40)37-15-17-38(18-16-37)31(41)24-6-3-7-25(33)29(24)34/h1-3,6-13,21H,4-5,14-20H2/t21-/m0/s1. The monoisotopic (exact) mass is 653 g/mol. The smallest absolute Gasteiger partial charge is 0.255 e. The van der Waals surface area contributed by atoms with Gasteiger partial charge in [0.05, 0.1) is 39.1 Å².